The quantitative estimate of drug-likeness (QED) is 0.787. The number of hydrogen-bond donors (Lipinski definition) is 1. The first-order valence-electron chi connectivity index (χ1n) is 6.45. The highest BCUT2D eigenvalue weighted by Gasteiger charge is 2.20. The summed E-state index contributed by atoms with van der Waals surface area (Å²) in [7, 11) is 1.60. The molecule has 1 N–H and O–H groups in total. The van der Waals surface area contributed by atoms with Gasteiger partial charge < -0.3 is 14.5 Å². The molecule has 0 unspecified atom stereocenters. The van der Waals surface area contributed by atoms with E-state index >= 15 is 0 Å². The summed E-state index contributed by atoms with van der Waals surface area (Å²) in [5.74, 6) is 0.0445. The van der Waals surface area contributed by atoms with E-state index in [0.29, 0.717) is 24.5 Å². The first-order chi connectivity index (χ1) is 10.3. The van der Waals surface area contributed by atoms with Gasteiger partial charge in [-0.1, -0.05) is 18.2 Å². The van der Waals surface area contributed by atoms with E-state index in [1.807, 2.05) is 29.6 Å². The van der Waals surface area contributed by atoms with Gasteiger partial charge in [-0.2, -0.15) is 0 Å². The average molecular weight is 302 g/mol. The molecule has 0 saturated carbocycles. The number of furan rings is 1. The van der Waals surface area contributed by atoms with Crippen LogP contribution in [0, 0.1) is 0 Å². The van der Waals surface area contributed by atoms with Gasteiger partial charge in [0.25, 0.3) is 5.91 Å². The summed E-state index contributed by atoms with van der Waals surface area (Å²) < 4.78 is 10.9. The van der Waals surface area contributed by atoms with Crippen molar-refractivity contribution in [1.29, 1.82) is 0 Å². The van der Waals surface area contributed by atoms with Crippen LogP contribution >= 0.6 is 11.3 Å². The number of thiazole rings is 1. The van der Waals surface area contributed by atoms with Gasteiger partial charge >= 0.3 is 0 Å². The number of rotatable bonds is 5. The normalized spacial score (nSPS) is 10.9. The second-order valence-electron chi connectivity index (χ2n) is 4.45. The van der Waals surface area contributed by atoms with Crippen molar-refractivity contribution in [3.63, 3.8) is 0 Å². The third kappa shape index (κ3) is 2.81. The highest BCUT2D eigenvalue weighted by Crippen LogP contribution is 2.26. The lowest BCUT2D eigenvalue weighted by atomic mass is 10.1. The number of nitrogens with one attached hydrogen (secondary N) is 1. The van der Waals surface area contributed by atoms with Crippen molar-refractivity contribution in [3.8, 4) is 0 Å². The van der Waals surface area contributed by atoms with E-state index < -0.39 is 0 Å². The maximum atomic E-state index is 12.3. The summed E-state index contributed by atoms with van der Waals surface area (Å²) in [6.45, 7) is 0.719. The number of ether oxygens (including phenoxy) is 1. The van der Waals surface area contributed by atoms with Gasteiger partial charge in [0.05, 0.1) is 13.2 Å². The smallest absolute Gasteiger partial charge is 0.287 e. The van der Waals surface area contributed by atoms with Crippen LogP contribution in [0.1, 0.15) is 21.1 Å². The summed E-state index contributed by atoms with van der Waals surface area (Å²) in [5, 5.41) is 6.45. The molecule has 0 aliphatic heterocycles. The van der Waals surface area contributed by atoms with E-state index in [-0.39, 0.29) is 5.91 Å². The fraction of sp³-hybridized carbons (Fsp3) is 0.200. The maximum Gasteiger partial charge on any atom is 0.287 e. The predicted octanol–water partition coefficient (Wildman–Crippen LogP) is 2.97. The van der Waals surface area contributed by atoms with Crippen LogP contribution in [0.4, 0.5) is 0 Å². The van der Waals surface area contributed by atoms with Crippen molar-refractivity contribution in [3.05, 3.63) is 52.2 Å². The lowest BCUT2D eigenvalue weighted by Crippen LogP contribution is -2.23. The second kappa shape index (κ2) is 6.07. The highest BCUT2D eigenvalue weighted by atomic mass is 32.1. The number of nitrogens with zero attached hydrogens (tertiary/aromatic N) is 1. The topological polar surface area (TPSA) is 64.4 Å². The summed E-state index contributed by atoms with van der Waals surface area (Å²) in [4.78, 5) is 16.5. The molecule has 0 bridgehead atoms. The lowest BCUT2D eigenvalue weighted by Gasteiger charge is -2.03. The summed E-state index contributed by atoms with van der Waals surface area (Å²) in [6, 6.07) is 7.55. The highest BCUT2D eigenvalue weighted by molar-refractivity contribution is 7.09. The third-order valence-corrected chi connectivity index (χ3v) is 3.86. The molecule has 2 aromatic heterocycles. The van der Waals surface area contributed by atoms with Gasteiger partial charge in [-0.05, 0) is 6.07 Å². The van der Waals surface area contributed by atoms with Gasteiger partial charge in [-0.3, -0.25) is 4.79 Å². The van der Waals surface area contributed by atoms with Crippen LogP contribution in [-0.2, 0) is 17.9 Å². The largest absolute Gasteiger partial charge is 0.451 e. The third-order valence-electron chi connectivity index (χ3n) is 3.08. The number of aromatic nitrogens is 1. The zero-order valence-corrected chi connectivity index (χ0v) is 12.3. The number of methoxy groups -OCH3 is 1. The molecule has 2 heterocycles. The monoisotopic (exact) mass is 302 g/mol. The van der Waals surface area contributed by atoms with Crippen LogP contribution in [0.15, 0.2) is 40.3 Å². The maximum absolute atomic E-state index is 12.3. The van der Waals surface area contributed by atoms with Crippen molar-refractivity contribution in [2.24, 2.45) is 0 Å². The molecular formula is C15H14N2O3S. The molecule has 21 heavy (non-hydrogen) atoms. The molecule has 3 rings (SSSR count). The fourth-order valence-corrected chi connectivity index (χ4v) is 2.70. The van der Waals surface area contributed by atoms with Crippen LogP contribution in [0.5, 0.6) is 0 Å². The van der Waals surface area contributed by atoms with Crippen molar-refractivity contribution < 1.29 is 13.9 Å². The molecule has 0 atom stereocenters. The molecule has 0 fully saturated rings. The van der Waals surface area contributed by atoms with E-state index in [9.17, 15) is 4.79 Å². The van der Waals surface area contributed by atoms with E-state index in [1.165, 1.54) is 11.3 Å². The molecule has 0 spiro atoms. The van der Waals surface area contributed by atoms with Crippen molar-refractivity contribution in [2.45, 2.75) is 13.2 Å². The molecule has 0 saturated heterocycles. The Balaban J connectivity index is 1.87. The van der Waals surface area contributed by atoms with E-state index in [1.54, 1.807) is 13.3 Å². The SMILES string of the molecule is COCc1c(C(=O)NCc2nccs2)oc2ccccc12. The molecule has 0 radical (unpaired) electrons. The van der Waals surface area contributed by atoms with Crippen molar-refractivity contribution >= 4 is 28.2 Å². The van der Waals surface area contributed by atoms with Crippen molar-refractivity contribution in [2.75, 3.05) is 7.11 Å². The molecule has 6 heteroatoms. The Morgan fingerprint density at radius 3 is 3.05 bits per heavy atom. The van der Waals surface area contributed by atoms with E-state index in [0.717, 1.165) is 16.0 Å². The first kappa shape index (κ1) is 13.8. The molecule has 108 valence electrons. The van der Waals surface area contributed by atoms with Gasteiger partial charge in [0.2, 0.25) is 0 Å². The number of amides is 1. The average Bonchev–Trinajstić information content (AvgIpc) is 3.13. The Bertz CT molecular complexity index is 749. The van der Waals surface area contributed by atoms with Crippen LogP contribution in [0.3, 0.4) is 0 Å². The van der Waals surface area contributed by atoms with Crippen molar-refractivity contribution in [1.82, 2.24) is 10.3 Å². The molecule has 1 aromatic carbocycles. The van der Waals surface area contributed by atoms with Gasteiger partial charge in [0.1, 0.15) is 10.6 Å². The predicted molar refractivity (Wildman–Crippen MR) is 80.2 cm³/mol. The molecule has 5 nitrogen and oxygen atoms in total. The molecule has 0 aliphatic rings. The minimum absolute atomic E-state index is 0.256. The Hall–Kier alpha value is -2.18. The number of fused-ring (bicyclic) bond motifs is 1. The summed E-state index contributed by atoms with van der Waals surface area (Å²) >= 11 is 1.50. The second-order valence-corrected chi connectivity index (χ2v) is 5.43. The molecule has 3 aromatic rings. The fourth-order valence-electron chi connectivity index (χ4n) is 2.15. The Kier molecular flexibility index (Phi) is 3.98. The molecular weight excluding hydrogens is 288 g/mol. The van der Waals surface area contributed by atoms with Crippen LogP contribution in [-0.4, -0.2) is 18.0 Å². The van der Waals surface area contributed by atoms with Gasteiger partial charge in [-0.25, -0.2) is 4.98 Å². The molecule has 0 aliphatic carbocycles. The summed E-state index contributed by atoms with van der Waals surface area (Å²) in [5.41, 5.74) is 1.45. The number of carbonyl (C=O) groups is 1. The number of carbonyl (C=O) groups excluding carboxylic acids is 1. The zero-order valence-electron chi connectivity index (χ0n) is 11.5. The standard InChI is InChI=1S/C15H14N2O3S/c1-19-9-11-10-4-2-3-5-12(10)20-14(11)15(18)17-8-13-16-6-7-21-13/h2-7H,8-9H2,1H3,(H,17,18). The Morgan fingerprint density at radius 2 is 2.29 bits per heavy atom. The van der Waals surface area contributed by atoms with E-state index in [4.69, 9.17) is 9.15 Å². The Morgan fingerprint density at radius 1 is 1.43 bits per heavy atom. The van der Waals surface area contributed by atoms with Crippen LogP contribution in [0.2, 0.25) is 0 Å². The number of benzene rings is 1. The number of para-hydroxylation sites is 1. The zero-order chi connectivity index (χ0) is 14.7. The minimum Gasteiger partial charge on any atom is -0.451 e. The summed E-state index contributed by atoms with van der Waals surface area (Å²) in [6.07, 6.45) is 1.71. The Labute approximate surface area is 125 Å². The van der Waals surface area contributed by atoms with Gasteiger partial charge in [-0.15, -0.1) is 11.3 Å². The lowest BCUT2D eigenvalue weighted by molar-refractivity contribution is 0.0918. The van der Waals surface area contributed by atoms with Crippen LogP contribution in [0.25, 0.3) is 11.0 Å². The first-order valence-corrected chi connectivity index (χ1v) is 7.33. The molecule has 1 amide bonds. The van der Waals surface area contributed by atoms with Gasteiger partial charge in [0.15, 0.2) is 5.76 Å². The van der Waals surface area contributed by atoms with E-state index in [2.05, 4.69) is 10.3 Å². The number of hydrogen-bond acceptors (Lipinski definition) is 5. The minimum atomic E-state index is -0.256. The van der Waals surface area contributed by atoms with Crippen LogP contribution < -0.4 is 5.32 Å². The van der Waals surface area contributed by atoms with Gasteiger partial charge in [0, 0.05) is 29.6 Å².